The number of esters is 1. The van der Waals surface area contributed by atoms with Crippen molar-refractivity contribution < 1.29 is 19.2 Å². The number of halogens is 1. The number of nitrogens with zero attached hydrogens (tertiary/aromatic N) is 1. The summed E-state index contributed by atoms with van der Waals surface area (Å²) in [4.78, 5) is 33.0. The summed E-state index contributed by atoms with van der Waals surface area (Å²) in [5.74, 6) is -1.09. The molecule has 0 heterocycles. The molecule has 0 spiro atoms. The molecule has 1 rings (SSSR count). The molecule has 0 saturated heterocycles. The predicted octanol–water partition coefficient (Wildman–Crippen LogP) is 3.17. The van der Waals surface area contributed by atoms with E-state index in [1.54, 1.807) is 13.8 Å². The zero-order valence-electron chi connectivity index (χ0n) is 11.5. The van der Waals surface area contributed by atoms with Gasteiger partial charge in [0.05, 0.1) is 11.0 Å². The molecular formula is C14H14ClNO5. The van der Waals surface area contributed by atoms with Crippen LogP contribution in [0.3, 0.4) is 0 Å². The Labute approximate surface area is 126 Å². The van der Waals surface area contributed by atoms with Crippen molar-refractivity contribution >= 4 is 35.1 Å². The minimum absolute atomic E-state index is 0.134. The Morgan fingerprint density at radius 3 is 2.67 bits per heavy atom. The van der Waals surface area contributed by atoms with Crippen molar-refractivity contribution in [2.45, 2.75) is 26.4 Å². The fraction of sp³-hybridized carbons (Fsp3) is 0.286. The number of ketones is 1. The van der Waals surface area contributed by atoms with Gasteiger partial charge in [-0.25, -0.2) is 0 Å². The van der Waals surface area contributed by atoms with E-state index in [9.17, 15) is 19.7 Å². The highest BCUT2D eigenvalue weighted by molar-refractivity contribution is 6.32. The summed E-state index contributed by atoms with van der Waals surface area (Å²) in [5.41, 5.74) is 0.196. The standard InChI is InChI=1S/C14H14ClNO5/c1-9(2)21-14(18)8-12(17)5-3-10-7-11(16(19)20)4-6-13(10)15/h3-7,9H,8H2,1-2H3. The number of hydrogen-bond donors (Lipinski definition) is 0. The second-order valence-electron chi connectivity index (χ2n) is 4.48. The van der Waals surface area contributed by atoms with Crippen LogP contribution in [-0.2, 0) is 14.3 Å². The Kier molecular flexibility index (Phi) is 6.05. The normalized spacial score (nSPS) is 10.9. The highest BCUT2D eigenvalue weighted by atomic mass is 35.5. The fourth-order valence-electron chi connectivity index (χ4n) is 1.46. The number of nitro benzene ring substituents is 1. The Balaban J connectivity index is 2.76. The van der Waals surface area contributed by atoms with E-state index in [1.807, 2.05) is 0 Å². The third-order valence-corrected chi connectivity index (χ3v) is 2.67. The van der Waals surface area contributed by atoms with Crippen LogP contribution in [0.25, 0.3) is 6.08 Å². The molecule has 1 aromatic rings. The first-order chi connectivity index (χ1) is 9.79. The van der Waals surface area contributed by atoms with E-state index in [4.69, 9.17) is 16.3 Å². The third kappa shape index (κ3) is 5.74. The van der Waals surface area contributed by atoms with Crippen LogP contribution in [0, 0.1) is 10.1 Å². The highest BCUT2D eigenvalue weighted by Crippen LogP contribution is 2.23. The number of allylic oxidation sites excluding steroid dienone is 1. The number of hydrogen-bond acceptors (Lipinski definition) is 5. The number of carbonyl (C=O) groups excluding carboxylic acids is 2. The van der Waals surface area contributed by atoms with Gasteiger partial charge in [-0.15, -0.1) is 0 Å². The van der Waals surface area contributed by atoms with E-state index < -0.39 is 16.7 Å². The quantitative estimate of drug-likeness (QED) is 0.265. The number of rotatable bonds is 6. The molecule has 1 aromatic carbocycles. The smallest absolute Gasteiger partial charge is 0.313 e. The maximum absolute atomic E-state index is 11.6. The zero-order valence-corrected chi connectivity index (χ0v) is 12.3. The molecule has 112 valence electrons. The molecule has 0 fully saturated rings. The van der Waals surface area contributed by atoms with Crippen LogP contribution >= 0.6 is 11.6 Å². The summed E-state index contributed by atoms with van der Waals surface area (Å²) in [6, 6.07) is 3.89. The first-order valence-electron chi connectivity index (χ1n) is 6.14. The first kappa shape index (κ1) is 16.8. The van der Waals surface area contributed by atoms with E-state index in [1.165, 1.54) is 24.3 Å². The van der Waals surface area contributed by atoms with Crippen LogP contribution in [0.1, 0.15) is 25.8 Å². The molecule has 6 nitrogen and oxygen atoms in total. The van der Waals surface area contributed by atoms with Crippen LogP contribution in [0.2, 0.25) is 5.02 Å². The molecule has 0 bridgehead atoms. The number of benzene rings is 1. The van der Waals surface area contributed by atoms with Crippen LogP contribution < -0.4 is 0 Å². The number of ether oxygens (including phenoxy) is 1. The lowest BCUT2D eigenvalue weighted by molar-refractivity contribution is -0.384. The summed E-state index contributed by atoms with van der Waals surface area (Å²) in [6.07, 6.45) is 1.80. The van der Waals surface area contributed by atoms with Gasteiger partial charge in [0.1, 0.15) is 6.42 Å². The van der Waals surface area contributed by atoms with E-state index in [0.29, 0.717) is 5.56 Å². The lowest BCUT2D eigenvalue weighted by Gasteiger charge is -2.05. The van der Waals surface area contributed by atoms with Gasteiger partial charge in [0.2, 0.25) is 0 Å². The SMILES string of the molecule is CC(C)OC(=O)CC(=O)C=Cc1cc([N+](=O)[O-])ccc1Cl. The third-order valence-electron chi connectivity index (χ3n) is 2.32. The lowest BCUT2D eigenvalue weighted by atomic mass is 10.1. The van der Waals surface area contributed by atoms with Crippen molar-refractivity contribution in [3.63, 3.8) is 0 Å². The topological polar surface area (TPSA) is 86.5 Å². The summed E-state index contributed by atoms with van der Waals surface area (Å²) < 4.78 is 4.84. The minimum Gasteiger partial charge on any atom is -0.463 e. The highest BCUT2D eigenvalue weighted by Gasteiger charge is 2.11. The molecule has 0 atom stereocenters. The predicted molar refractivity (Wildman–Crippen MR) is 78.0 cm³/mol. The number of non-ortho nitro benzene ring substituents is 1. The average molecular weight is 312 g/mol. The lowest BCUT2D eigenvalue weighted by Crippen LogP contribution is -2.14. The Morgan fingerprint density at radius 2 is 2.10 bits per heavy atom. The van der Waals surface area contributed by atoms with E-state index in [-0.39, 0.29) is 23.2 Å². The van der Waals surface area contributed by atoms with Crippen LogP contribution in [0.15, 0.2) is 24.3 Å². The van der Waals surface area contributed by atoms with Gasteiger partial charge < -0.3 is 4.74 Å². The fourth-order valence-corrected chi connectivity index (χ4v) is 1.64. The number of nitro groups is 1. The first-order valence-corrected chi connectivity index (χ1v) is 6.51. The van der Waals surface area contributed by atoms with Crippen LogP contribution in [0.5, 0.6) is 0 Å². The molecule has 0 aromatic heterocycles. The molecule has 7 heteroatoms. The van der Waals surface area contributed by atoms with Gasteiger partial charge >= 0.3 is 5.97 Å². The summed E-state index contributed by atoms with van der Waals surface area (Å²) >= 11 is 5.88. The summed E-state index contributed by atoms with van der Waals surface area (Å²) in [7, 11) is 0. The molecule has 0 radical (unpaired) electrons. The van der Waals surface area contributed by atoms with Crippen molar-refractivity contribution in [1.29, 1.82) is 0 Å². The number of carbonyl (C=O) groups is 2. The molecule has 0 aliphatic heterocycles. The van der Waals surface area contributed by atoms with Gasteiger partial charge in [-0.1, -0.05) is 11.6 Å². The van der Waals surface area contributed by atoms with Crippen molar-refractivity contribution in [3.8, 4) is 0 Å². The van der Waals surface area contributed by atoms with Crippen LogP contribution in [-0.4, -0.2) is 22.8 Å². The van der Waals surface area contributed by atoms with Crippen molar-refractivity contribution in [2.24, 2.45) is 0 Å². The Morgan fingerprint density at radius 1 is 1.43 bits per heavy atom. The van der Waals surface area contributed by atoms with Gasteiger partial charge in [0.15, 0.2) is 5.78 Å². The molecular weight excluding hydrogens is 298 g/mol. The molecule has 0 amide bonds. The second-order valence-corrected chi connectivity index (χ2v) is 4.89. The average Bonchev–Trinajstić information content (AvgIpc) is 2.36. The summed E-state index contributed by atoms with van der Waals surface area (Å²) in [6.45, 7) is 3.36. The van der Waals surface area contributed by atoms with Gasteiger partial charge in [0, 0.05) is 17.2 Å². The second kappa shape index (κ2) is 7.54. The molecule has 0 unspecified atom stereocenters. The van der Waals surface area contributed by atoms with Gasteiger partial charge in [0.25, 0.3) is 5.69 Å². The van der Waals surface area contributed by atoms with Gasteiger partial charge in [-0.3, -0.25) is 19.7 Å². The maximum Gasteiger partial charge on any atom is 0.313 e. The molecule has 21 heavy (non-hydrogen) atoms. The largest absolute Gasteiger partial charge is 0.463 e. The van der Waals surface area contributed by atoms with E-state index in [0.717, 1.165) is 6.08 Å². The molecule has 0 N–H and O–H groups in total. The van der Waals surface area contributed by atoms with E-state index >= 15 is 0 Å². The monoisotopic (exact) mass is 311 g/mol. The summed E-state index contributed by atoms with van der Waals surface area (Å²) in [5, 5.41) is 10.9. The molecule has 0 aliphatic carbocycles. The van der Waals surface area contributed by atoms with Gasteiger partial charge in [-0.05, 0) is 37.6 Å². The zero-order chi connectivity index (χ0) is 16.0. The van der Waals surface area contributed by atoms with Crippen molar-refractivity contribution in [1.82, 2.24) is 0 Å². The Bertz CT molecular complexity index is 595. The Hall–Kier alpha value is -2.21. The maximum atomic E-state index is 11.6. The minimum atomic E-state index is -0.621. The van der Waals surface area contributed by atoms with Gasteiger partial charge in [-0.2, -0.15) is 0 Å². The van der Waals surface area contributed by atoms with Crippen molar-refractivity contribution in [3.05, 3.63) is 45.0 Å². The molecule has 0 saturated carbocycles. The van der Waals surface area contributed by atoms with Crippen molar-refractivity contribution in [2.75, 3.05) is 0 Å². The molecule has 0 aliphatic rings. The van der Waals surface area contributed by atoms with E-state index in [2.05, 4.69) is 0 Å². The van der Waals surface area contributed by atoms with Crippen LogP contribution in [0.4, 0.5) is 5.69 Å².